The summed E-state index contributed by atoms with van der Waals surface area (Å²) in [5.74, 6) is 1.04. The molecule has 2 heterocycles. The third-order valence-corrected chi connectivity index (χ3v) is 5.32. The highest BCUT2D eigenvalue weighted by Gasteiger charge is 2.30. The highest BCUT2D eigenvalue weighted by molar-refractivity contribution is 7.98. The summed E-state index contributed by atoms with van der Waals surface area (Å²) in [4.78, 5) is 30.5. The summed E-state index contributed by atoms with van der Waals surface area (Å²) < 4.78 is 0. The van der Waals surface area contributed by atoms with Gasteiger partial charge in [0.05, 0.1) is 5.56 Å². The minimum atomic E-state index is 0.0721. The number of likely N-dealkylation sites (tertiary alicyclic amines) is 1. The summed E-state index contributed by atoms with van der Waals surface area (Å²) in [6.07, 6.45) is 7.64. The lowest BCUT2D eigenvalue weighted by Crippen LogP contribution is -2.42. The van der Waals surface area contributed by atoms with Crippen molar-refractivity contribution in [1.29, 1.82) is 0 Å². The van der Waals surface area contributed by atoms with E-state index in [-0.39, 0.29) is 17.7 Å². The number of thioether (sulfide) groups is 1. The van der Waals surface area contributed by atoms with Crippen LogP contribution in [-0.4, -0.2) is 47.6 Å². The lowest BCUT2D eigenvalue weighted by atomic mass is 9.96. The van der Waals surface area contributed by atoms with Gasteiger partial charge < -0.3 is 10.2 Å². The molecule has 0 aromatic carbocycles. The summed E-state index contributed by atoms with van der Waals surface area (Å²) in [7, 11) is 0. The zero-order valence-corrected chi connectivity index (χ0v) is 14.3. The van der Waals surface area contributed by atoms with Crippen LogP contribution in [0.3, 0.4) is 0 Å². The Morgan fingerprint density at radius 1 is 1.30 bits per heavy atom. The summed E-state index contributed by atoms with van der Waals surface area (Å²) in [5.41, 5.74) is 0.695. The molecule has 3 rings (SSSR count). The van der Waals surface area contributed by atoms with Gasteiger partial charge >= 0.3 is 0 Å². The number of piperidine rings is 1. The number of carbonyl (C=O) groups is 2. The van der Waals surface area contributed by atoms with Crippen molar-refractivity contribution in [1.82, 2.24) is 15.2 Å². The molecule has 23 heavy (non-hydrogen) atoms. The van der Waals surface area contributed by atoms with Crippen molar-refractivity contribution in [2.24, 2.45) is 11.8 Å². The highest BCUT2D eigenvalue weighted by atomic mass is 32.2. The second kappa shape index (κ2) is 7.34. The Morgan fingerprint density at radius 2 is 2.04 bits per heavy atom. The van der Waals surface area contributed by atoms with Crippen LogP contribution in [0.4, 0.5) is 0 Å². The van der Waals surface area contributed by atoms with E-state index < -0.39 is 0 Å². The Bertz CT molecular complexity index is 581. The van der Waals surface area contributed by atoms with Crippen molar-refractivity contribution in [3.8, 4) is 0 Å². The van der Waals surface area contributed by atoms with E-state index in [1.807, 2.05) is 23.3 Å². The molecule has 0 atom stereocenters. The Labute approximate surface area is 141 Å². The van der Waals surface area contributed by atoms with E-state index >= 15 is 0 Å². The molecule has 2 aliphatic rings. The molecule has 5 nitrogen and oxygen atoms in total. The van der Waals surface area contributed by atoms with Gasteiger partial charge in [0.25, 0.3) is 5.91 Å². The molecule has 1 aromatic rings. The molecule has 1 aromatic heterocycles. The first-order chi connectivity index (χ1) is 11.2. The van der Waals surface area contributed by atoms with Crippen molar-refractivity contribution >= 4 is 23.6 Å². The fourth-order valence-corrected chi connectivity index (χ4v) is 3.50. The average molecular weight is 333 g/mol. The molecule has 2 fully saturated rings. The van der Waals surface area contributed by atoms with Crippen LogP contribution in [0.25, 0.3) is 0 Å². The quantitative estimate of drug-likeness (QED) is 0.839. The molecule has 0 bridgehead atoms. The standard InChI is InChI=1S/C17H23N3O2S/c1-23-16-14(3-2-8-18-16)17(22)20-9-6-12(7-10-20)11-19-15(21)13-4-5-13/h2-3,8,12-13H,4-7,9-11H2,1H3,(H,19,21). The summed E-state index contributed by atoms with van der Waals surface area (Å²) in [6.45, 7) is 2.26. The third kappa shape index (κ3) is 4.05. The SMILES string of the molecule is CSc1ncccc1C(=O)N1CCC(CNC(=O)C2CC2)CC1. The highest BCUT2D eigenvalue weighted by Crippen LogP contribution is 2.29. The predicted octanol–water partition coefficient (Wildman–Crippen LogP) is 2.18. The molecule has 0 unspecified atom stereocenters. The average Bonchev–Trinajstić information content (AvgIpc) is 3.44. The smallest absolute Gasteiger partial charge is 0.256 e. The lowest BCUT2D eigenvalue weighted by molar-refractivity contribution is -0.122. The first-order valence-corrected chi connectivity index (χ1v) is 9.47. The van der Waals surface area contributed by atoms with E-state index in [1.165, 1.54) is 11.8 Å². The Hall–Kier alpha value is -1.56. The van der Waals surface area contributed by atoms with E-state index in [4.69, 9.17) is 0 Å². The van der Waals surface area contributed by atoms with E-state index in [0.29, 0.717) is 11.5 Å². The summed E-state index contributed by atoms with van der Waals surface area (Å²) in [5, 5.41) is 3.84. The normalized spacial score (nSPS) is 18.7. The van der Waals surface area contributed by atoms with Crippen LogP contribution in [0.15, 0.2) is 23.4 Å². The Morgan fingerprint density at radius 3 is 2.70 bits per heavy atom. The van der Waals surface area contributed by atoms with E-state index in [2.05, 4.69) is 10.3 Å². The van der Waals surface area contributed by atoms with Crippen LogP contribution in [0.1, 0.15) is 36.0 Å². The number of carbonyl (C=O) groups excluding carboxylic acids is 2. The molecule has 6 heteroatoms. The van der Waals surface area contributed by atoms with Crippen molar-refractivity contribution < 1.29 is 9.59 Å². The van der Waals surface area contributed by atoms with Gasteiger partial charge in [-0.3, -0.25) is 9.59 Å². The molecule has 0 spiro atoms. The monoisotopic (exact) mass is 333 g/mol. The predicted molar refractivity (Wildman–Crippen MR) is 90.4 cm³/mol. The van der Waals surface area contributed by atoms with Crippen molar-refractivity contribution in [2.75, 3.05) is 25.9 Å². The van der Waals surface area contributed by atoms with Gasteiger partial charge in [0.2, 0.25) is 5.91 Å². The van der Waals surface area contributed by atoms with Crippen LogP contribution in [0.5, 0.6) is 0 Å². The zero-order valence-electron chi connectivity index (χ0n) is 13.5. The molecule has 0 radical (unpaired) electrons. The van der Waals surface area contributed by atoms with E-state index in [9.17, 15) is 9.59 Å². The van der Waals surface area contributed by atoms with Crippen LogP contribution in [0.2, 0.25) is 0 Å². The van der Waals surface area contributed by atoms with Crippen molar-refractivity contribution in [3.05, 3.63) is 23.9 Å². The largest absolute Gasteiger partial charge is 0.356 e. The van der Waals surface area contributed by atoms with Crippen LogP contribution < -0.4 is 5.32 Å². The Kier molecular flexibility index (Phi) is 5.20. The van der Waals surface area contributed by atoms with Gasteiger partial charge in [-0.2, -0.15) is 0 Å². The lowest BCUT2D eigenvalue weighted by Gasteiger charge is -2.32. The molecule has 2 amide bonds. The van der Waals surface area contributed by atoms with Crippen molar-refractivity contribution in [3.63, 3.8) is 0 Å². The molecule has 1 saturated carbocycles. The zero-order chi connectivity index (χ0) is 16.2. The molecular weight excluding hydrogens is 310 g/mol. The van der Waals surface area contributed by atoms with Gasteiger partial charge in [-0.05, 0) is 50.0 Å². The van der Waals surface area contributed by atoms with Gasteiger partial charge in [-0.15, -0.1) is 11.8 Å². The third-order valence-electron chi connectivity index (χ3n) is 4.61. The summed E-state index contributed by atoms with van der Waals surface area (Å²) >= 11 is 1.50. The number of aromatic nitrogens is 1. The number of pyridine rings is 1. The minimum absolute atomic E-state index is 0.0721. The van der Waals surface area contributed by atoms with Gasteiger partial charge in [0.15, 0.2) is 0 Å². The van der Waals surface area contributed by atoms with Crippen LogP contribution >= 0.6 is 11.8 Å². The maximum absolute atomic E-state index is 12.7. The molecule has 1 saturated heterocycles. The molecule has 1 aliphatic heterocycles. The first kappa shape index (κ1) is 16.3. The maximum atomic E-state index is 12.7. The molecular formula is C17H23N3O2S. The van der Waals surface area contributed by atoms with Gasteiger partial charge in [-0.25, -0.2) is 4.98 Å². The van der Waals surface area contributed by atoms with Crippen LogP contribution in [0, 0.1) is 11.8 Å². The van der Waals surface area contributed by atoms with Gasteiger partial charge in [0.1, 0.15) is 5.03 Å². The number of amides is 2. The topological polar surface area (TPSA) is 62.3 Å². The van der Waals surface area contributed by atoms with E-state index in [0.717, 1.165) is 50.3 Å². The van der Waals surface area contributed by atoms with Gasteiger partial charge in [-0.1, -0.05) is 0 Å². The van der Waals surface area contributed by atoms with E-state index in [1.54, 1.807) is 6.20 Å². The molecule has 124 valence electrons. The molecule has 1 aliphatic carbocycles. The maximum Gasteiger partial charge on any atom is 0.256 e. The number of nitrogens with one attached hydrogen (secondary N) is 1. The first-order valence-electron chi connectivity index (χ1n) is 8.25. The summed E-state index contributed by atoms with van der Waals surface area (Å²) in [6, 6.07) is 3.66. The van der Waals surface area contributed by atoms with Gasteiger partial charge in [0, 0.05) is 31.7 Å². The fraction of sp³-hybridized carbons (Fsp3) is 0.588. The second-order valence-corrected chi connectivity index (χ2v) is 7.11. The Balaban J connectivity index is 1.50. The fourth-order valence-electron chi connectivity index (χ4n) is 2.96. The molecule has 1 N–H and O–H groups in total. The van der Waals surface area contributed by atoms with Crippen LogP contribution in [-0.2, 0) is 4.79 Å². The minimum Gasteiger partial charge on any atom is -0.356 e. The number of hydrogen-bond donors (Lipinski definition) is 1. The number of hydrogen-bond acceptors (Lipinski definition) is 4. The number of nitrogens with zero attached hydrogens (tertiary/aromatic N) is 2. The van der Waals surface area contributed by atoms with Crippen molar-refractivity contribution in [2.45, 2.75) is 30.7 Å². The number of rotatable bonds is 5. The second-order valence-electron chi connectivity index (χ2n) is 6.32.